The second-order valence-corrected chi connectivity index (χ2v) is 4.17. The molecule has 86 valence electrons. The van der Waals surface area contributed by atoms with Crippen molar-refractivity contribution in [3.05, 3.63) is 11.5 Å². The van der Waals surface area contributed by atoms with Crippen LogP contribution in [0.15, 0.2) is 0 Å². The van der Waals surface area contributed by atoms with Gasteiger partial charge in [-0.2, -0.15) is 0 Å². The maximum Gasteiger partial charge on any atom is 0.129 e. The standard InChI is InChI=1S/C10H18FN3O/c1-10(2,15)8-9(12)14(3)7(13-8)5-4-6-11/h15H,4-6,12H2,1-3H3. The molecule has 0 aliphatic carbocycles. The van der Waals surface area contributed by atoms with Gasteiger partial charge in [0.05, 0.1) is 6.67 Å². The lowest BCUT2D eigenvalue weighted by atomic mass is 10.1. The fourth-order valence-corrected chi connectivity index (χ4v) is 1.46. The number of hydrogen-bond donors (Lipinski definition) is 2. The topological polar surface area (TPSA) is 64.1 Å². The largest absolute Gasteiger partial charge is 0.384 e. The van der Waals surface area contributed by atoms with Crippen LogP contribution in [0.3, 0.4) is 0 Å². The maximum absolute atomic E-state index is 12.0. The van der Waals surface area contributed by atoms with Gasteiger partial charge in [0.25, 0.3) is 0 Å². The zero-order chi connectivity index (χ0) is 11.6. The van der Waals surface area contributed by atoms with Crippen LogP contribution in [0, 0.1) is 0 Å². The van der Waals surface area contributed by atoms with E-state index in [1.807, 2.05) is 0 Å². The molecule has 4 nitrogen and oxygen atoms in total. The minimum Gasteiger partial charge on any atom is -0.384 e. The molecule has 1 aromatic rings. The van der Waals surface area contributed by atoms with Crippen LogP contribution in [-0.4, -0.2) is 21.3 Å². The lowest BCUT2D eigenvalue weighted by Crippen LogP contribution is -2.18. The first-order chi connectivity index (χ1) is 6.88. The second kappa shape index (κ2) is 4.18. The van der Waals surface area contributed by atoms with Crippen molar-refractivity contribution in [3.63, 3.8) is 0 Å². The molecule has 0 aliphatic heterocycles. The van der Waals surface area contributed by atoms with E-state index in [0.29, 0.717) is 30.2 Å². The van der Waals surface area contributed by atoms with Crippen molar-refractivity contribution in [1.82, 2.24) is 9.55 Å². The highest BCUT2D eigenvalue weighted by Gasteiger charge is 2.25. The van der Waals surface area contributed by atoms with Crippen LogP contribution in [0.5, 0.6) is 0 Å². The summed E-state index contributed by atoms with van der Waals surface area (Å²) in [4.78, 5) is 4.24. The first-order valence-electron chi connectivity index (χ1n) is 4.97. The van der Waals surface area contributed by atoms with Gasteiger partial charge in [0, 0.05) is 13.5 Å². The summed E-state index contributed by atoms with van der Waals surface area (Å²) in [7, 11) is 1.77. The molecule has 0 radical (unpaired) electrons. The highest BCUT2D eigenvalue weighted by atomic mass is 19.1. The van der Waals surface area contributed by atoms with Gasteiger partial charge in [-0.05, 0) is 20.3 Å². The number of nitrogen functional groups attached to an aromatic ring is 1. The Morgan fingerprint density at radius 2 is 2.13 bits per heavy atom. The molecule has 15 heavy (non-hydrogen) atoms. The Labute approximate surface area is 88.9 Å². The van der Waals surface area contributed by atoms with E-state index in [1.165, 1.54) is 0 Å². The third-order valence-electron chi connectivity index (χ3n) is 2.35. The maximum atomic E-state index is 12.0. The summed E-state index contributed by atoms with van der Waals surface area (Å²) in [6.07, 6.45) is 0.961. The monoisotopic (exact) mass is 215 g/mol. The molecule has 0 bridgehead atoms. The number of hydrogen-bond acceptors (Lipinski definition) is 3. The lowest BCUT2D eigenvalue weighted by Gasteiger charge is -2.14. The molecule has 0 unspecified atom stereocenters. The molecule has 1 heterocycles. The van der Waals surface area contributed by atoms with Gasteiger partial charge in [0.15, 0.2) is 0 Å². The van der Waals surface area contributed by atoms with Crippen molar-refractivity contribution in [2.75, 3.05) is 12.4 Å². The van der Waals surface area contributed by atoms with E-state index in [1.54, 1.807) is 25.5 Å². The number of aliphatic hydroxyl groups is 1. The average molecular weight is 215 g/mol. The Kier molecular flexibility index (Phi) is 3.34. The third-order valence-corrected chi connectivity index (χ3v) is 2.35. The van der Waals surface area contributed by atoms with Crippen molar-refractivity contribution in [2.24, 2.45) is 7.05 Å². The van der Waals surface area contributed by atoms with E-state index < -0.39 is 5.60 Å². The van der Waals surface area contributed by atoms with Crippen LogP contribution in [0.1, 0.15) is 31.8 Å². The first-order valence-corrected chi connectivity index (χ1v) is 4.97. The molecule has 0 fully saturated rings. The molecular formula is C10H18FN3O. The Morgan fingerprint density at radius 1 is 1.53 bits per heavy atom. The number of halogens is 1. The number of rotatable bonds is 4. The van der Waals surface area contributed by atoms with Gasteiger partial charge in [0.1, 0.15) is 22.9 Å². The smallest absolute Gasteiger partial charge is 0.129 e. The third kappa shape index (κ3) is 2.47. The summed E-state index contributed by atoms with van der Waals surface area (Å²) in [6, 6.07) is 0. The second-order valence-electron chi connectivity index (χ2n) is 4.17. The Morgan fingerprint density at radius 3 is 2.53 bits per heavy atom. The van der Waals surface area contributed by atoms with Crippen LogP contribution in [0.4, 0.5) is 10.2 Å². The number of nitrogens with two attached hydrogens (primary N) is 1. The summed E-state index contributed by atoms with van der Waals surface area (Å²) in [5.74, 6) is 1.15. The van der Waals surface area contributed by atoms with E-state index in [4.69, 9.17) is 5.73 Å². The predicted molar refractivity (Wildman–Crippen MR) is 57.2 cm³/mol. The number of nitrogens with zero attached hydrogens (tertiary/aromatic N) is 2. The van der Waals surface area contributed by atoms with E-state index in [-0.39, 0.29) is 6.67 Å². The fraction of sp³-hybridized carbons (Fsp3) is 0.700. The van der Waals surface area contributed by atoms with Crippen LogP contribution in [0.25, 0.3) is 0 Å². The number of anilines is 1. The summed E-state index contributed by atoms with van der Waals surface area (Å²) >= 11 is 0. The lowest BCUT2D eigenvalue weighted by molar-refractivity contribution is 0.0750. The van der Waals surface area contributed by atoms with Crippen molar-refractivity contribution in [1.29, 1.82) is 0 Å². The Balaban J connectivity index is 3.02. The minimum atomic E-state index is -1.06. The normalized spacial score (nSPS) is 12.1. The number of aryl methyl sites for hydroxylation is 1. The zero-order valence-corrected chi connectivity index (χ0v) is 9.42. The molecular weight excluding hydrogens is 197 g/mol. The van der Waals surface area contributed by atoms with Gasteiger partial charge in [0.2, 0.25) is 0 Å². The number of aromatic nitrogens is 2. The SMILES string of the molecule is Cn1c(CCCF)nc(C(C)(C)O)c1N. The fourth-order valence-electron chi connectivity index (χ4n) is 1.46. The van der Waals surface area contributed by atoms with Gasteiger partial charge < -0.3 is 15.4 Å². The predicted octanol–water partition coefficient (Wildman–Crippen LogP) is 1.13. The molecule has 0 aromatic carbocycles. The van der Waals surface area contributed by atoms with Gasteiger partial charge in [-0.3, -0.25) is 4.39 Å². The number of imidazole rings is 1. The van der Waals surface area contributed by atoms with Crippen molar-refractivity contribution in [3.8, 4) is 0 Å². The molecule has 0 saturated carbocycles. The molecule has 0 spiro atoms. The van der Waals surface area contributed by atoms with Gasteiger partial charge >= 0.3 is 0 Å². The molecule has 1 aromatic heterocycles. The van der Waals surface area contributed by atoms with E-state index in [9.17, 15) is 9.50 Å². The summed E-state index contributed by atoms with van der Waals surface area (Å²) in [6.45, 7) is 2.89. The van der Waals surface area contributed by atoms with E-state index in [0.717, 1.165) is 0 Å². The van der Waals surface area contributed by atoms with Crippen molar-refractivity contribution >= 4 is 5.82 Å². The summed E-state index contributed by atoms with van der Waals surface area (Å²) < 4.78 is 13.7. The quantitative estimate of drug-likeness (QED) is 0.791. The molecule has 1 rings (SSSR count). The van der Waals surface area contributed by atoms with Gasteiger partial charge in [-0.1, -0.05) is 0 Å². The highest BCUT2D eigenvalue weighted by molar-refractivity contribution is 5.41. The zero-order valence-electron chi connectivity index (χ0n) is 9.42. The van der Waals surface area contributed by atoms with Crippen LogP contribution in [0.2, 0.25) is 0 Å². The molecule has 0 atom stereocenters. The molecule has 0 aliphatic rings. The van der Waals surface area contributed by atoms with Crippen molar-refractivity contribution in [2.45, 2.75) is 32.3 Å². The van der Waals surface area contributed by atoms with E-state index >= 15 is 0 Å². The highest BCUT2D eigenvalue weighted by Crippen LogP contribution is 2.25. The van der Waals surface area contributed by atoms with Crippen LogP contribution < -0.4 is 5.73 Å². The Hall–Kier alpha value is -1.10. The van der Waals surface area contributed by atoms with E-state index in [2.05, 4.69) is 4.98 Å². The molecule has 0 saturated heterocycles. The van der Waals surface area contributed by atoms with Crippen LogP contribution in [-0.2, 0) is 19.1 Å². The minimum absolute atomic E-state index is 0.370. The van der Waals surface area contributed by atoms with Gasteiger partial charge in [-0.15, -0.1) is 0 Å². The number of alkyl halides is 1. The Bertz CT molecular complexity index is 341. The molecule has 5 heteroatoms. The van der Waals surface area contributed by atoms with Crippen molar-refractivity contribution < 1.29 is 9.50 Å². The summed E-state index contributed by atoms with van der Waals surface area (Å²) in [5, 5.41) is 9.80. The van der Waals surface area contributed by atoms with Crippen LogP contribution >= 0.6 is 0 Å². The van der Waals surface area contributed by atoms with Gasteiger partial charge in [-0.25, -0.2) is 4.98 Å². The molecule has 0 amide bonds. The first kappa shape index (κ1) is 12.0. The average Bonchev–Trinajstić information content (AvgIpc) is 2.41. The summed E-state index contributed by atoms with van der Waals surface area (Å²) in [5.41, 5.74) is 5.21. The molecule has 3 N–H and O–H groups in total.